The van der Waals surface area contributed by atoms with Crippen LogP contribution in [0.5, 0.6) is 0 Å². The number of hydrogen-bond donors (Lipinski definition) is 1. The summed E-state index contributed by atoms with van der Waals surface area (Å²) in [7, 11) is 0. The molecule has 19 heavy (non-hydrogen) atoms. The molecule has 0 aliphatic carbocycles. The first-order valence-electron chi connectivity index (χ1n) is 4.79. The van der Waals surface area contributed by atoms with Crippen LogP contribution >= 0.6 is 23.2 Å². The zero-order valence-electron chi connectivity index (χ0n) is 8.95. The van der Waals surface area contributed by atoms with E-state index in [-0.39, 0.29) is 15.7 Å². The summed E-state index contributed by atoms with van der Waals surface area (Å²) in [4.78, 5) is 24.4. The van der Waals surface area contributed by atoms with Gasteiger partial charge in [0.1, 0.15) is 0 Å². The first-order chi connectivity index (χ1) is 8.88. The summed E-state index contributed by atoms with van der Waals surface area (Å²) in [6, 6.07) is 5.10. The van der Waals surface area contributed by atoms with Crippen LogP contribution in [0.1, 0.15) is 12.1 Å². The summed E-state index contributed by atoms with van der Waals surface area (Å²) in [6.45, 7) is 0. The molecule has 0 spiro atoms. The second kappa shape index (κ2) is 5.10. The van der Waals surface area contributed by atoms with Crippen LogP contribution < -0.4 is 11.2 Å². The summed E-state index contributed by atoms with van der Waals surface area (Å²) in [5, 5.41) is 3.52. The van der Waals surface area contributed by atoms with Crippen LogP contribution in [-0.2, 0) is 0 Å². The molecule has 0 saturated heterocycles. The van der Waals surface area contributed by atoms with Gasteiger partial charge in [0, 0.05) is 11.1 Å². The summed E-state index contributed by atoms with van der Waals surface area (Å²) < 4.78 is 25.6. The minimum atomic E-state index is -3.12. The van der Waals surface area contributed by atoms with E-state index in [0.717, 1.165) is 0 Å². The van der Waals surface area contributed by atoms with E-state index in [1.165, 1.54) is 12.1 Å². The Labute approximate surface area is 114 Å². The molecule has 1 N–H and O–H groups in total. The van der Waals surface area contributed by atoms with Crippen molar-refractivity contribution < 1.29 is 8.78 Å². The maximum atomic E-state index is 12.6. The van der Waals surface area contributed by atoms with Crippen molar-refractivity contribution in [2.24, 2.45) is 0 Å². The van der Waals surface area contributed by atoms with Crippen molar-refractivity contribution in [2.75, 3.05) is 0 Å². The lowest BCUT2D eigenvalue weighted by Gasteiger charge is -2.06. The summed E-state index contributed by atoms with van der Waals surface area (Å²) in [5.74, 6) is 0. The van der Waals surface area contributed by atoms with Crippen LogP contribution in [0.3, 0.4) is 0 Å². The van der Waals surface area contributed by atoms with Gasteiger partial charge in [0.15, 0.2) is 5.69 Å². The molecule has 1 aromatic heterocycles. The lowest BCUT2D eigenvalue weighted by Crippen LogP contribution is -2.34. The third kappa shape index (κ3) is 2.82. The molecule has 0 bridgehead atoms. The predicted octanol–water partition coefficient (Wildman–Crippen LogP) is 1.97. The molecule has 1 heterocycles. The highest BCUT2D eigenvalue weighted by Gasteiger charge is 2.17. The van der Waals surface area contributed by atoms with Gasteiger partial charge in [-0.15, -0.1) is 0 Å². The van der Waals surface area contributed by atoms with Crippen LogP contribution in [0.25, 0.3) is 5.69 Å². The van der Waals surface area contributed by atoms with Crippen molar-refractivity contribution in [1.82, 2.24) is 14.8 Å². The van der Waals surface area contributed by atoms with Gasteiger partial charge < -0.3 is 0 Å². The normalized spacial score (nSPS) is 11.0. The van der Waals surface area contributed by atoms with E-state index < -0.39 is 23.4 Å². The Bertz CT molecular complexity index is 722. The molecule has 5 nitrogen and oxygen atoms in total. The number of alkyl halides is 2. The number of halogens is 4. The minimum absolute atomic E-state index is 0.0550. The van der Waals surface area contributed by atoms with E-state index in [2.05, 4.69) is 11.2 Å². The molecule has 1 aromatic carbocycles. The number of H-pyrrole nitrogens is 1. The van der Waals surface area contributed by atoms with Crippen LogP contribution in [0.15, 0.2) is 21.7 Å². The minimum Gasteiger partial charge on any atom is -0.271 e. The Kier molecular flexibility index (Phi) is 3.68. The lowest BCUT2D eigenvalue weighted by molar-refractivity contribution is 0.141. The Morgan fingerprint density at radius 3 is 2.58 bits per heavy atom. The Morgan fingerprint density at radius 2 is 2.00 bits per heavy atom. The summed E-state index contributed by atoms with van der Waals surface area (Å²) in [5.41, 5.74) is -3.38. The molecule has 99 valence electrons. The van der Waals surface area contributed by atoms with Gasteiger partial charge in [-0.1, -0.05) is 23.2 Å². The number of aromatic amines is 1. The van der Waals surface area contributed by atoms with Gasteiger partial charge in [-0.2, -0.15) is 9.78 Å². The maximum absolute atomic E-state index is 12.6. The molecule has 0 amide bonds. The average molecular weight is 307 g/mol. The van der Waals surface area contributed by atoms with Crippen LogP contribution in [0.2, 0.25) is 10.0 Å². The van der Waals surface area contributed by atoms with Gasteiger partial charge in [-0.25, -0.2) is 13.6 Å². The highest BCUT2D eigenvalue weighted by Crippen LogP contribution is 2.20. The molecule has 0 fully saturated rings. The Morgan fingerprint density at radius 1 is 1.32 bits per heavy atom. The molecule has 0 aliphatic heterocycles. The van der Waals surface area contributed by atoms with E-state index in [0.29, 0.717) is 4.68 Å². The third-order valence-corrected chi connectivity index (χ3v) is 2.50. The maximum Gasteiger partial charge on any atom is 0.349 e. The van der Waals surface area contributed by atoms with Crippen LogP contribution in [-0.4, -0.2) is 14.8 Å². The number of rotatable bonds is 2. The quantitative estimate of drug-likeness (QED) is 0.922. The number of nitrogens with one attached hydrogen (secondary N) is 1. The average Bonchev–Trinajstić information content (AvgIpc) is 2.26. The highest BCUT2D eigenvalue weighted by molar-refractivity contribution is 6.34. The summed E-state index contributed by atoms with van der Waals surface area (Å²) >= 11 is 11.4. The van der Waals surface area contributed by atoms with Crippen molar-refractivity contribution in [3.63, 3.8) is 0 Å². The smallest absolute Gasteiger partial charge is 0.271 e. The largest absolute Gasteiger partial charge is 0.349 e. The van der Waals surface area contributed by atoms with Gasteiger partial charge in [0.2, 0.25) is 0 Å². The predicted molar refractivity (Wildman–Crippen MR) is 64.3 cm³/mol. The SMILES string of the molecule is O=c1[nH]c(=O)n(-c2[c]c(Cl)cc(Cl)c2)nc1C(F)F. The molecule has 0 atom stereocenters. The first-order valence-corrected chi connectivity index (χ1v) is 5.54. The lowest BCUT2D eigenvalue weighted by atomic mass is 10.3. The first kappa shape index (κ1) is 13.7. The molecule has 2 rings (SSSR count). The fourth-order valence-corrected chi connectivity index (χ4v) is 1.80. The Balaban J connectivity index is 2.71. The fraction of sp³-hybridized carbons (Fsp3) is 0.100. The zero-order valence-corrected chi connectivity index (χ0v) is 10.5. The van der Waals surface area contributed by atoms with Gasteiger partial charge >= 0.3 is 5.69 Å². The summed E-state index contributed by atoms with van der Waals surface area (Å²) in [6.07, 6.45) is -3.12. The molecule has 9 heteroatoms. The monoisotopic (exact) mass is 306 g/mol. The molecule has 0 unspecified atom stereocenters. The molecular formula is C10H4Cl2F2N3O2. The van der Waals surface area contributed by atoms with Crippen molar-refractivity contribution in [3.05, 3.63) is 54.8 Å². The number of aromatic nitrogens is 3. The molecule has 0 aliphatic rings. The highest BCUT2D eigenvalue weighted by atomic mass is 35.5. The van der Waals surface area contributed by atoms with Crippen molar-refractivity contribution in [2.45, 2.75) is 6.43 Å². The molecule has 2 aromatic rings. The van der Waals surface area contributed by atoms with E-state index >= 15 is 0 Å². The van der Waals surface area contributed by atoms with Crippen molar-refractivity contribution in [1.29, 1.82) is 0 Å². The van der Waals surface area contributed by atoms with E-state index in [4.69, 9.17) is 23.2 Å². The van der Waals surface area contributed by atoms with Crippen molar-refractivity contribution in [3.8, 4) is 5.69 Å². The van der Waals surface area contributed by atoms with Gasteiger partial charge in [0.25, 0.3) is 12.0 Å². The standard InChI is InChI=1S/C10H4Cl2F2N3O2/c11-4-1-5(12)3-6(2-4)17-10(19)15-9(18)7(16-17)8(13)14/h1-2,8H,(H,15,18,19). The third-order valence-electron chi connectivity index (χ3n) is 2.07. The van der Waals surface area contributed by atoms with Gasteiger partial charge in [0.05, 0.1) is 10.7 Å². The van der Waals surface area contributed by atoms with E-state index in [9.17, 15) is 18.4 Å². The molecule has 0 saturated carbocycles. The Hall–Kier alpha value is -1.73. The van der Waals surface area contributed by atoms with Gasteiger partial charge in [-0.3, -0.25) is 9.78 Å². The van der Waals surface area contributed by atoms with Crippen LogP contribution in [0.4, 0.5) is 8.78 Å². The topological polar surface area (TPSA) is 67.8 Å². The van der Waals surface area contributed by atoms with E-state index in [1.54, 1.807) is 4.98 Å². The number of nitrogens with zero attached hydrogens (tertiary/aromatic N) is 2. The van der Waals surface area contributed by atoms with Gasteiger partial charge in [-0.05, 0) is 12.1 Å². The second-order valence-corrected chi connectivity index (χ2v) is 4.23. The number of benzene rings is 1. The fourth-order valence-electron chi connectivity index (χ4n) is 1.32. The van der Waals surface area contributed by atoms with Crippen LogP contribution in [0, 0.1) is 6.07 Å². The second-order valence-electron chi connectivity index (χ2n) is 3.39. The molecular weight excluding hydrogens is 303 g/mol. The number of hydrogen-bond acceptors (Lipinski definition) is 3. The van der Waals surface area contributed by atoms with E-state index in [1.807, 2.05) is 0 Å². The molecule has 1 radical (unpaired) electrons. The zero-order chi connectivity index (χ0) is 14.2. The van der Waals surface area contributed by atoms with Crippen molar-refractivity contribution >= 4 is 23.2 Å².